The van der Waals surface area contributed by atoms with E-state index in [0.29, 0.717) is 0 Å². The largest absolute Gasteiger partial charge is 0.497 e. The topological polar surface area (TPSA) is 12.5 Å². The first kappa shape index (κ1) is 16.9. The van der Waals surface area contributed by atoms with Crippen molar-refractivity contribution in [2.45, 2.75) is 13.8 Å². The average Bonchev–Trinajstić information content (AvgIpc) is 2.62. The third-order valence-electron chi connectivity index (χ3n) is 3.99. The molecule has 0 saturated carbocycles. The molecular formula is C21H25NO. The van der Waals surface area contributed by atoms with E-state index >= 15 is 0 Å². The molecular weight excluding hydrogens is 282 g/mol. The molecule has 0 bridgehead atoms. The van der Waals surface area contributed by atoms with Crippen LogP contribution in [0, 0.1) is 0 Å². The number of anilines is 1. The molecule has 2 aromatic rings. The third kappa shape index (κ3) is 4.04. The molecule has 0 aliphatic heterocycles. The molecule has 0 spiro atoms. The van der Waals surface area contributed by atoms with Crippen molar-refractivity contribution in [3.63, 3.8) is 0 Å². The fourth-order valence-corrected chi connectivity index (χ4v) is 2.69. The number of methoxy groups -OCH3 is 1. The van der Waals surface area contributed by atoms with E-state index in [9.17, 15) is 0 Å². The summed E-state index contributed by atoms with van der Waals surface area (Å²) < 4.78 is 5.24. The second-order valence-electron chi connectivity index (χ2n) is 5.26. The van der Waals surface area contributed by atoms with E-state index in [0.717, 1.165) is 30.0 Å². The molecule has 2 nitrogen and oxygen atoms in total. The van der Waals surface area contributed by atoms with Gasteiger partial charge in [-0.2, -0.15) is 0 Å². The summed E-state index contributed by atoms with van der Waals surface area (Å²) in [5.41, 5.74) is 4.76. The van der Waals surface area contributed by atoms with E-state index in [-0.39, 0.29) is 0 Å². The van der Waals surface area contributed by atoms with Crippen LogP contribution in [0.5, 0.6) is 5.75 Å². The first-order valence-electron chi connectivity index (χ1n) is 8.06. The Balaban J connectivity index is 2.34. The van der Waals surface area contributed by atoms with Crippen molar-refractivity contribution < 1.29 is 4.74 Å². The van der Waals surface area contributed by atoms with Gasteiger partial charge in [0.1, 0.15) is 5.75 Å². The van der Waals surface area contributed by atoms with Gasteiger partial charge in [-0.1, -0.05) is 43.0 Å². The van der Waals surface area contributed by atoms with Crippen LogP contribution < -0.4 is 9.64 Å². The van der Waals surface area contributed by atoms with Crippen molar-refractivity contribution in [2.75, 3.05) is 25.1 Å². The van der Waals surface area contributed by atoms with Crippen molar-refractivity contribution in [3.05, 3.63) is 78.4 Å². The lowest BCUT2D eigenvalue weighted by molar-refractivity contribution is 0.415. The number of allylic oxidation sites excluding steroid dienone is 2. The number of nitrogens with zero attached hydrogens (tertiary/aromatic N) is 1. The smallest absolute Gasteiger partial charge is 0.118 e. The first-order valence-corrected chi connectivity index (χ1v) is 8.06. The van der Waals surface area contributed by atoms with Crippen LogP contribution in [0.25, 0.3) is 5.57 Å². The van der Waals surface area contributed by atoms with E-state index in [4.69, 9.17) is 4.74 Å². The van der Waals surface area contributed by atoms with Gasteiger partial charge in [-0.3, -0.25) is 0 Å². The SMILES string of the molecule is C=CC=C(c1ccc(OC)cc1)c1ccc(N(CC)CC)cc1. The summed E-state index contributed by atoms with van der Waals surface area (Å²) in [6, 6.07) is 16.8. The molecule has 23 heavy (non-hydrogen) atoms. The molecule has 0 amide bonds. The highest BCUT2D eigenvalue weighted by Crippen LogP contribution is 2.27. The predicted molar refractivity (Wildman–Crippen MR) is 100 cm³/mol. The molecule has 0 radical (unpaired) electrons. The van der Waals surface area contributed by atoms with Crippen molar-refractivity contribution in [1.82, 2.24) is 0 Å². The molecule has 2 aromatic carbocycles. The molecule has 0 heterocycles. The van der Waals surface area contributed by atoms with Crippen LogP contribution >= 0.6 is 0 Å². The Bertz CT molecular complexity index is 649. The number of ether oxygens (including phenoxy) is 1. The fraction of sp³-hybridized carbons (Fsp3) is 0.238. The van der Waals surface area contributed by atoms with Crippen molar-refractivity contribution >= 4 is 11.3 Å². The predicted octanol–water partition coefficient (Wildman–Crippen LogP) is 5.16. The molecule has 0 N–H and O–H groups in total. The maximum atomic E-state index is 5.24. The summed E-state index contributed by atoms with van der Waals surface area (Å²) in [6.45, 7) is 10.2. The molecule has 0 aromatic heterocycles. The van der Waals surface area contributed by atoms with E-state index in [1.165, 1.54) is 11.3 Å². The Morgan fingerprint density at radius 2 is 1.48 bits per heavy atom. The van der Waals surface area contributed by atoms with Crippen LogP contribution in [0.2, 0.25) is 0 Å². The van der Waals surface area contributed by atoms with Gasteiger partial charge in [-0.05, 0) is 54.8 Å². The summed E-state index contributed by atoms with van der Waals surface area (Å²) in [5, 5.41) is 0. The Morgan fingerprint density at radius 3 is 1.91 bits per heavy atom. The van der Waals surface area contributed by atoms with Crippen LogP contribution in [0.3, 0.4) is 0 Å². The number of rotatable bonds is 7. The minimum absolute atomic E-state index is 0.864. The maximum absolute atomic E-state index is 5.24. The fourth-order valence-electron chi connectivity index (χ4n) is 2.69. The Morgan fingerprint density at radius 1 is 0.957 bits per heavy atom. The molecule has 0 aliphatic carbocycles. The molecule has 0 saturated heterocycles. The van der Waals surface area contributed by atoms with Gasteiger partial charge in [0.2, 0.25) is 0 Å². The van der Waals surface area contributed by atoms with Gasteiger partial charge in [0.15, 0.2) is 0 Å². The molecule has 0 aliphatic rings. The molecule has 120 valence electrons. The Kier molecular flexibility index (Phi) is 6.04. The first-order chi connectivity index (χ1) is 11.2. The molecule has 0 fully saturated rings. The van der Waals surface area contributed by atoms with E-state index < -0.39 is 0 Å². The molecule has 0 atom stereocenters. The van der Waals surface area contributed by atoms with Crippen LogP contribution in [0.4, 0.5) is 5.69 Å². The monoisotopic (exact) mass is 307 g/mol. The minimum atomic E-state index is 0.864. The van der Waals surface area contributed by atoms with E-state index in [1.807, 2.05) is 24.3 Å². The summed E-state index contributed by atoms with van der Waals surface area (Å²) in [7, 11) is 1.68. The van der Waals surface area contributed by atoms with Crippen LogP contribution in [0.1, 0.15) is 25.0 Å². The zero-order valence-corrected chi connectivity index (χ0v) is 14.3. The number of benzene rings is 2. The summed E-state index contributed by atoms with van der Waals surface area (Å²) in [4.78, 5) is 2.34. The van der Waals surface area contributed by atoms with Crippen LogP contribution in [-0.4, -0.2) is 20.2 Å². The minimum Gasteiger partial charge on any atom is -0.497 e. The lowest BCUT2D eigenvalue weighted by Crippen LogP contribution is -2.21. The van der Waals surface area contributed by atoms with Crippen molar-refractivity contribution in [3.8, 4) is 5.75 Å². The number of hydrogen-bond donors (Lipinski definition) is 0. The Hall–Kier alpha value is -2.48. The summed E-state index contributed by atoms with van der Waals surface area (Å²) in [6.07, 6.45) is 3.88. The third-order valence-corrected chi connectivity index (χ3v) is 3.99. The highest BCUT2D eigenvalue weighted by Gasteiger charge is 2.07. The van der Waals surface area contributed by atoms with E-state index in [2.05, 4.69) is 61.7 Å². The zero-order chi connectivity index (χ0) is 16.7. The van der Waals surface area contributed by atoms with Gasteiger partial charge in [-0.25, -0.2) is 0 Å². The highest BCUT2D eigenvalue weighted by molar-refractivity contribution is 5.81. The van der Waals surface area contributed by atoms with E-state index in [1.54, 1.807) is 7.11 Å². The van der Waals surface area contributed by atoms with Gasteiger partial charge < -0.3 is 9.64 Å². The highest BCUT2D eigenvalue weighted by atomic mass is 16.5. The molecule has 2 heteroatoms. The van der Waals surface area contributed by atoms with Gasteiger partial charge >= 0.3 is 0 Å². The van der Waals surface area contributed by atoms with Crippen molar-refractivity contribution in [1.29, 1.82) is 0 Å². The normalized spacial score (nSPS) is 11.2. The quantitative estimate of drug-likeness (QED) is 0.655. The Labute approximate surface area is 139 Å². The second-order valence-corrected chi connectivity index (χ2v) is 5.26. The molecule has 2 rings (SSSR count). The lowest BCUT2D eigenvalue weighted by atomic mass is 9.97. The molecule has 0 unspecified atom stereocenters. The zero-order valence-electron chi connectivity index (χ0n) is 14.3. The van der Waals surface area contributed by atoms with Gasteiger partial charge in [0, 0.05) is 18.8 Å². The van der Waals surface area contributed by atoms with Gasteiger partial charge in [-0.15, -0.1) is 0 Å². The van der Waals surface area contributed by atoms with Crippen LogP contribution in [0.15, 0.2) is 67.3 Å². The maximum Gasteiger partial charge on any atom is 0.118 e. The van der Waals surface area contributed by atoms with Crippen LogP contribution in [-0.2, 0) is 0 Å². The lowest BCUT2D eigenvalue weighted by Gasteiger charge is -2.21. The summed E-state index contributed by atoms with van der Waals surface area (Å²) >= 11 is 0. The second kappa shape index (κ2) is 8.23. The number of hydrogen-bond acceptors (Lipinski definition) is 2. The van der Waals surface area contributed by atoms with Gasteiger partial charge in [0.05, 0.1) is 7.11 Å². The van der Waals surface area contributed by atoms with Gasteiger partial charge in [0.25, 0.3) is 0 Å². The standard InChI is InChI=1S/C21H25NO/c1-5-8-21(18-11-15-20(23-4)16-12-18)17-9-13-19(14-10-17)22(6-2)7-3/h5,8-16H,1,6-7H2,2-4H3. The van der Waals surface area contributed by atoms with Crippen molar-refractivity contribution in [2.24, 2.45) is 0 Å². The summed E-state index contributed by atoms with van der Waals surface area (Å²) in [5.74, 6) is 0.864. The average molecular weight is 307 g/mol.